The quantitative estimate of drug-likeness (QED) is 0.629. The van der Waals surface area contributed by atoms with Crippen molar-refractivity contribution in [3.63, 3.8) is 0 Å². The molecule has 1 saturated heterocycles. The molecule has 0 unspecified atom stereocenters. The van der Waals surface area contributed by atoms with Crippen LogP contribution in [-0.2, 0) is 4.79 Å². The third kappa shape index (κ3) is 3.59. The van der Waals surface area contributed by atoms with Gasteiger partial charge in [0.1, 0.15) is 0 Å². The minimum absolute atomic E-state index is 0.0572. The van der Waals surface area contributed by atoms with Gasteiger partial charge in [-0.25, -0.2) is 0 Å². The predicted octanol–water partition coefficient (Wildman–Crippen LogP) is 0.146. The normalized spacial score (nSPS) is 15.6. The van der Waals surface area contributed by atoms with Gasteiger partial charge in [0.05, 0.1) is 11.5 Å². The summed E-state index contributed by atoms with van der Waals surface area (Å²) in [5, 5.41) is 10.9. The molecule has 22 heavy (non-hydrogen) atoms. The Morgan fingerprint density at radius 2 is 1.91 bits per heavy atom. The van der Waals surface area contributed by atoms with Gasteiger partial charge in [0.25, 0.3) is 11.6 Å². The highest BCUT2D eigenvalue weighted by Gasteiger charge is 2.24. The fourth-order valence-corrected chi connectivity index (χ4v) is 2.45. The fourth-order valence-electron chi connectivity index (χ4n) is 2.45. The number of piperazine rings is 1. The highest BCUT2D eigenvalue weighted by molar-refractivity contribution is 5.95. The SMILES string of the molecule is Cc1ccc(C(=O)N2CCN(CC(N)=O)CC2)cc1[N+](=O)[O-]. The fraction of sp³-hybridized carbons (Fsp3) is 0.429. The molecule has 0 spiro atoms. The van der Waals surface area contributed by atoms with Crippen molar-refractivity contribution in [1.82, 2.24) is 9.80 Å². The Labute approximate surface area is 127 Å². The Bertz CT molecular complexity index is 609. The molecule has 8 nitrogen and oxygen atoms in total. The number of nitrogens with two attached hydrogens (primary N) is 1. The summed E-state index contributed by atoms with van der Waals surface area (Å²) >= 11 is 0. The molecule has 2 rings (SSSR count). The number of hydrogen-bond donors (Lipinski definition) is 1. The molecule has 2 amide bonds. The topological polar surface area (TPSA) is 110 Å². The smallest absolute Gasteiger partial charge is 0.273 e. The number of carbonyl (C=O) groups is 2. The molecule has 1 aliphatic heterocycles. The standard InChI is InChI=1S/C14H18N4O4/c1-10-2-3-11(8-12(10)18(21)22)14(20)17-6-4-16(5-7-17)9-13(15)19/h2-3,8H,4-7,9H2,1H3,(H2,15,19). The number of aryl methyl sites for hydroxylation is 1. The number of hydrogen-bond acceptors (Lipinski definition) is 5. The van der Waals surface area contributed by atoms with Gasteiger partial charge >= 0.3 is 0 Å². The van der Waals surface area contributed by atoms with Crippen molar-refractivity contribution < 1.29 is 14.5 Å². The van der Waals surface area contributed by atoms with E-state index in [1.807, 2.05) is 4.90 Å². The van der Waals surface area contributed by atoms with E-state index in [0.29, 0.717) is 37.3 Å². The highest BCUT2D eigenvalue weighted by Crippen LogP contribution is 2.20. The van der Waals surface area contributed by atoms with Crippen LogP contribution in [0.15, 0.2) is 18.2 Å². The maximum absolute atomic E-state index is 12.4. The second kappa shape index (κ2) is 6.52. The van der Waals surface area contributed by atoms with E-state index in [-0.39, 0.29) is 18.1 Å². The number of nitrogens with zero attached hydrogens (tertiary/aromatic N) is 3. The van der Waals surface area contributed by atoms with Crippen molar-refractivity contribution in [2.24, 2.45) is 5.73 Å². The van der Waals surface area contributed by atoms with E-state index in [1.54, 1.807) is 24.0 Å². The van der Waals surface area contributed by atoms with Crippen LogP contribution in [0, 0.1) is 17.0 Å². The van der Waals surface area contributed by atoms with E-state index in [9.17, 15) is 19.7 Å². The number of benzene rings is 1. The van der Waals surface area contributed by atoms with Gasteiger partial charge in [-0.05, 0) is 13.0 Å². The second-order valence-corrected chi connectivity index (χ2v) is 5.29. The maximum atomic E-state index is 12.4. The van der Waals surface area contributed by atoms with Crippen molar-refractivity contribution in [2.45, 2.75) is 6.92 Å². The Hall–Kier alpha value is -2.48. The van der Waals surface area contributed by atoms with Gasteiger partial charge in [0, 0.05) is 43.4 Å². The van der Waals surface area contributed by atoms with Gasteiger partial charge in [-0.3, -0.25) is 24.6 Å². The van der Waals surface area contributed by atoms with E-state index in [4.69, 9.17) is 5.73 Å². The Kier molecular flexibility index (Phi) is 4.71. The monoisotopic (exact) mass is 306 g/mol. The molecule has 0 atom stereocenters. The van der Waals surface area contributed by atoms with E-state index < -0.39 is 10.8 Å². The molecular weight excluding hydrogens is 288 g/mol. The van der Waals surface area contributed by atoms with E-state index in [2.05, 4.69) is 0 Å². The lowest BCUT2D eigenvalue weighted by atomic mass is 10.1. The number of nitro benzene ring substituents is 1. The van der Waals surface area contributed by atoms with E-state index in [1.165, 1.54) is 6.07 Å². The van der Waals surface area contributed by atoms with Crippen LogP contribution in [0.5, 0.6) is 0 Å². The van der Waals surface area contributed by atoms with Crippen molar-refractivity contribution in [1.29, 1.82) is 0 Å². The van der Waals surface area contributed by atoms with Crippen molar-refractivity contribution in [2.75, 3.05) is 32.7 Å². The molecule has 1 aromatic rings. The maximum Gasteiger partial charge on any atom is 0.273 e. The number of carbonyl (C=O) groups excluding carboxylic acids is 2. The highest BCUT2D eigenvalue weighted by atomic mass is 16.6. The third-order valence-electron chi connectivity index (χ3n) is 3.69. The predicted molar refractivity (Wildman–Crippen MR) is 79.4 cm³/mol. The van der Waals surface area contributed by atoms with Gasteiger partial charge in [0.15, 0.2) is 0 Å². The van der Waals surface area contributed by atoms with Gasteiger partial charge < -0.3 is 10.6 Å². The van der Waals surface area contributed by atoms with Crippen LogP contribution in [0.4, 0.5) is 5.69 Å². The number of primary amides is 1. The lowest BCUT2D eigenvalue weighted by Crippen LogP contribution is -2.50. The number of nitro groups is 1. The molecule has 2 N–H and O–H groups in total. The van der Waals surface area contributed by atoms with Crippen LogP contribution < -0.4 is 5.73 Å². The van der Waals surface area contributed by atoms with Crippen LogP contribution in [0.2, 0.25) is 0 Å². The first-order chi connectivity index (χ1) is 10.4. The Balaban J connectivity index is 2.05. The summed E-state index contributed by atoms with van der Waals surface area (Å²) in [7, 11) is 0. The second-order valence-electron chi connectivity index (χ2n) is 5.29. The summed E-state index contributed by atoms with van der Waals surface area (Å²) in [4.78, 5) is 37.3. The van der Waals surface area contributed by atoms with Gasteiger partial charge in [-0.15, -0.1) is 0 Å². The molecule has 0 aliphatic carbocycles. The first-order valence-corrected chi connectivity index (χ1v) is 6.93. The zero-order valence-corrected chi connectivity index (χ0v) is 12.3. The van der Waals surface area contributed by atoms with Crippen LogP contribution in [0.3, 0.4) is 0 Å². The molecule has 118 valence electrons. The average molecular weight is 306 g/mol. The Morgan fingerprint density at radius 3 is 2.45 bits per heavy atom. The van der Waals surface area contributed by atoms with Gasteiger partial charge in [-0.1, -0.05) is 6.07 Å². The molecular formula is C14H18N4O4. The van der Waals surface area contributed by atoms with Gasteiger partial charge in [0.2, 0.25) is 5.91 Å². The minimum atomic E-state index is -0.489. The zero-order chi connectivity index (χ0) is 16.3. The van der Waals surface area contributed by atoms with E-state index >= 15 is 0 Å². The summed E-state index contributed by atoms with van der Waals surface area (Å²) < 4.78 is 0. The van der Waals surface area contributed by atoms with Crippen LogP contribution in [0.25, 0.3) is 0 Å². The Morgan fingerprint density at radius 1 is 1.27 bits per heavy atom. The van der Waals surface area contributed by atoms with Crippen LogP contribution in [0.1, 0.15) is 15.9 Å². The van der Waals surface area contributed by atoms with Crippen molar-refractivity contribution >= 4 is 17.5 Å². The summed E-state index contributed by atoms with van der Waals surface area (Å²) in [6, 6.07) is 4.49. The number of rotatable bonds is 4. The number of amides is 2. The first-order valence-electron chi connectivity index (χ1n) is 6.93. The molecule has 0 radical (unpaired) electrons. The zero-order valence-electron chi connectivity index (χ0n) is 12.3. The summed E-state index contributed by atoms with van der Waals surface area (Å²) in [5.41, 5.74) is 5.91. The molecule has 0 aromatic heterocycles. The van der Waals surface area contributed by atoms with Gasteiger partial charge in [-0.2, -0.15) is 0 Å². The molecule has 1 fully saturated rings. The average Bonchev–Trinajstić information content (AvgIpc) is 2.47. The van der Waals surface area contributed by atoms with Crippen LogP contribution in [-0.4, -0.2) is 59.3 Å². The minimum Gasteiger partial charge on any atom is -0.369 e. The molecule has 0 bridgehead atoms. The van der Waals surface area contributed by atoms with E-state index in [0.717, 1.165) is 0 Å². The largest absolute Gasteiger partial charge is 0.369 e. The molecule has 0 saturated carbocycles. The molecule has 1 aromatic carbocycles. The van der Waals surface area contributed by atoms with Crippen LogP contribution >= 0.6 is 0 Å². The van der Waals surface area contributed by atoms with Crippen molar-refractivity contribution in [3.05, 3.63) is 39.4 Å². The lowest BCUT2D eigenvalue weighted by molar-refractivity contribution is -0.385. The summed E-state index contributed by atoms with van der Waals surface area (Å²) in [5.74, 6) is -0.629. The summed E-state index contributed by atoms with van der Waals surface area (Å²) in [6.07, 6.45) is 0. The van der Waals surface area contributed by atoms with Crippen molar-refractivity contribution in [3.8, 4) is 0 Å². The lowest BCUT2D eigenvalue weighted by Gasteiger charge is -2.34. The molecule has 8 heteroatoms. The first kappa shape index (κ1) is 15.9. The summed E-state index contributed by atoms with van der Waals surface area (Å²) in [6.45, 7) is 3.86. The molecule has 1 aliphatic rings. The molecule has 1 heterocycles. The third-order valence-corrected chi connectivity index (χ3v) is 3.69.